The van der Waals surface area contributed by atoms with Crippen molar-refractivity contribution in [3.8, 4) is 6.07 Å². The van der Waals surface area contributed by atoms with Gasteiger partial charge in [-0.15, -0.1) is 11.3 Å². The average molecular weight is 711 g/mol. The molecule has 1 heterocycles. The molecule has 256 valence electrons. The van der Waals surface area contributed by atoms with Gasteiger partial charge in [-0.05, 0) is 91.0 Å². The van der Waals surface area contributed by atoms with E-state index in [1.54, 1.807) is 11.3 Å². The number of hydrogen-bond acceptors (Lipinski definition) is 5. The van der Waals surface area contributed by atoms with E-state index in [1.165, 1.54) is 0 Å². The van der Waals surface area contributed by atoms with E-state index in [4.69, 9.17) is 0 Å². The van der Waals surface area contributed by atoms with Crippen LogP contribution in [0.15, 0.2) is 206 Å². The number of nitriles is 1. The van der Waals surface area contributed by atoms with Crippen molar-refractivity contribution in [1.29, 1.82) is 5.26 Å². The third kappa shape index (κ3) is 6.01. The molecule has 5 heteroatoms. The fourth-order valence-corrected chi connectivity index (χ4v) is 8.57. The molecule has 54 heavy (non-hydrogen) atoms. The van der Waals surface area contributed by atoms with Crippen LogP contribution in [0.5, 0.6) is 0 Å². The summed E-state index contributed by atoms with van der Waals surface area (Å²) in [6, 6.07) is 74.0. The van der Waals surface area contributed by atoms with E-state index in [2.05, 4.69) is 166 Å². The van der Waals surface area contributed by atoms with E-state index in [1.807, 2.05) is 60.7 Å². The van der Waals surface area contributed by atoms with Gasteiger partial charge in [0.25, 0.3) is 0 Å². The van der Waals surface area contributed by atoms with Crippen molar-refractivity contribution in [3.05, 3.63) is 212 Å². The third-order valence-electron chi connectivity index (χ3n) is 9.61. The Morgan fingerprint density at radius 3 is 1.19 bits per heavy atom. The van der Waals surface area contributed by atoms with Gasteiger partial charge in [-0.2, -0.15) is 5.26 Å². The van der Waals surface area contributed by atoms with Gasteiger partial charge < -0.3 is 14.7 Å². The molecule has 0 aliphatic carbocycles. The predicted octanol–water partition coefficient (Wildman–Crippen LogP) is 14.3. The van der Waals surface area contributed by atoms with Crippen LogP contribution < -0.4 is 14.7 Å². The van der Waals surface area contributed by atoms with Gasteiger partial charge >= 0.3 is 0 Å². The SMILES string of the molecule is N#Cc1cc(N(c2ccccc2)c2ccccc2)c2c(sc3cc(N(c4ccccc4)c4ccccc4)ccc32)c1N(c1ccccc1)c1ccccc1. The van der Waals surface area contributed by atoms with Crippen LogP contribution in [-0.2, 0) is 0 Å². The highest BCUT2D eigenvalue weighted by Gasteiger charge is 2.27. The Kier molecular flexibility index (Phi) is 8.78. The summed E-state index contributed by atoms with van der Waals surface area (Å²) < 4.78 is 2.16. The molecule has 0 saturated carbocycles. The topological polar surface area (TPSA) is 33.5 Å². The second kappa shape index (κ2) is 14.5. The number of anilines is 9. The molecular formula is C49H34N4S. The monoisotopic (exact) mass is 710 g/mol. The molecule has 0 radical (unpaired) electrons. The fourth-order valence-electron chi connectivity index (χ4n) is 7.27. The number of fused-ring (bicyclic) bond motifs is 3. The molecule has 9 aromatic rings. The largest absolute Gasteiger partial charge is 0.310 e. The van der Waals surface area contributed by atoms with Gasteiger partial charge in [0.2, 0.25) is 0 Å². The Hall–Kier alpha value is -7.13. The Labute approximate surface area is 319 Å². The summed E-state index contributed by atoms with van der Waals surface area (Å²) in [5, 5.41) is 13.3. The molecule has 0 unspecified atom stereocenters. The average Bonchev–Trinajstić information content (AvgIpc) is 3.63. The van der Waals surface area contributed by atoms with Crippen LogP contribution in [-0.4, -0.2) is 0 Å². The highest BCUT2D eigenvalue weighted by atomic mass is 32.1. The standard InChI is InChI=1S/C49H34N4S/c50-35-36-33-45(52(39-23-11-3-12-24-39)40-25-13-4-14-26-40)47-44-32-31-43(51(37-19-7-1-8-20-37)38-21-9-2-10-22-38)34-46(44)54-49(47)48(36)53(41-27-15-5-16-28-41)42-29-17-6-18-30-42/h1-34H. The minimum absolute atomic E-state index is 0.587. The van der Waals surface area contributed by atoms with Crippen LogP contribution in [0.2, 0.25) is 0 Å². The Morgan fingerprint density at radius 1 is 0.389 bits per heavy atom. The van der Waals surface area contributed by atoms with Crippen LogP contribution in [0.25, 0.3) is 20.2 Å². The van der Waals surface area contributed by atoms with Crippen LogP contribution in [0.1, 0.15) is 5.56 Å². The van der Waals surface area contributed by atoms with Gasteiger partial charge in [0.15, 0.2) is 0 Å². The number of nitrogens with zero attached hydrogens (tertiary/aromatic N) is 4. The number of rotatable bonds is 9. The first-order chi connectivity index (χ1) is 26.8. The van der Waals surface area contributed by atoms with E-state index in [0.717, 1.165) is 71.4 Å². The molecule has 4 nitrogen and oxygen atoms in total. The molecule has 0 fully saturated rings. The Bertz CT molecular complexity index is 2590. The third-order valence-corrected chi connectivity index (χ3v) is 10.8. The molecule has 9 rings (SSSR count). The second-order valence-electron chi connectivity index (χ2n) is 12.9. The van der Waals surface area contributed by atoms with E-state index >= 15 is 0 Å². The van der Waals surface area contributed by atoms with Crippen LogP contribution >= 0.6 is 11.3 Å². The molecular weight excluding hydrogens is 677 g/mol. The lowest BCUT2D eigenvalue weighted by atomic mass is 10.0. The van der Waals surface area contributed by atoms with Crippen molar-refractivity contribution in [2.24, 2.45) is 0 Å². The minimum Gasteiger partial charge on any atom is -0.310 e. The number of hydrogen-bond donors (Lipinski definition) is 0. The van der Waals surface area contributed by atoms with Crippen molar-refractivity contribution in [3.63, 3.8) is 0 Å². The van der Waals surface area contributed by atoms with Crippen molar-refractivity contribution in [2.45, 2.75) is 0 Å². The first-order valence-corrected chi connectivity index (χ1v) is 18.7. The molecule has 0 aliphatic rings. The summed E-state index contributed by atoms with van der Waals surface area (Å²) in [4.78, 5) is 6.81. The van der Waals surface area contributed by atoms with Crippen molar-refractivity contribution in [1.82, 2.24) is 0 Å². The fraction of sp³-hybridized carbons (Fsp3) is 0. The minimum atomic E-state index is 0.587. The Balaban J connectivity index is 1.38. The maximum absolute atomic E-state index is 11.1. The van der Waals surface area contributed by atoms with Gasteiger partial charge in [-0.3, -0.25) is 0 Å². The molecule has 1 aromatic heterocycles. The molecule has 0 aliphatic heterocycles. The lowest BCUT2D eigenvalue weighted by molar-refractivity contribution is 1.27. The normalized spacial score (nSPS) is 10.9. The lowest BCUT2D eigenvalue weighted by Crippen LogP contribution is -2.14. The summed E-state index contributed by atoms with van der Waals surface area (Å²) in [6.45, 7) is 0. The first kappa shape index (κ1) is 32.8. The van der Waals surface area contributed by atoms with Gasteiger partial charge in [0, 0.05) is 55.3 Å². The van der Waals surface area contributed by atoms with E-state index in [9.17, 15) is 5.26 Å². The van der Waals surface area contributed by atoms with E-state index in [-0.39, 0.29) is 0 Å². The maximum atomic E-state index is 11.1. The molecule has 8 aromatic carbocycles. The quantitative estimate of drug-likeness (QED) is 0.149. The first-order valence-electron chi connectivity index (χ1n) is 17.9. The predicted molar refractivity (Wildman–Crippen MR) is 228 cm³/mol. The summed E-state index contributed by atoms with van der Waals surface area (Å²) in [5.41, 5.74) is 9.60. The number of benzene rings is 8. The van der Waals surface area contributed by atoms with Gasteiger partial charge in [0.1, 0.15) is 6.07 Å². The molecule has 0 amide bonds. The number of thiophene rings is 1. The highest BCUT2D eigenvalue weighted by molar-refractivity contribution is 7.26. The zero-order chi connectivity index (χ0) is 36.3. The molecule has 0 atom stereocenters. The van der Waals surface area contributed by atoms with E-state index in [0.29, 0.717) is 5.56 Å². The summed E-state index contributed by atoms with van der Waals surface area (Å²) >= 11 is 1.73. The Morgan fingerprint density at radius 2 is 0.778 bits per heavy atom. The van der Waals surface area contributed by atoms with Crippen LogP contribution in [0.3, 0.4) is 0 Å². The maximum Gasteiger partial charge on any atom is 0.101 e. The molecule has 0 spiro atoms. The smallest absolute Gasteiger partial charge is 0.101 e. The summed E-state index contributed by atoms with van der Waals surface area (Å²) in [5.74, 6) is 0. The van der Waals surface area contributed by atoms with Gasteiger partial charge in [0.05, 0.1) is 21.6 Å². The molecule has 0 bridgehead atoms. The lowest BCUT2D eigenvalue weighted by Gasteiger charge is -2.30. The van der Waals surface area contributed by atoms with Gasteiger partial charge in [-0.25, -0.2) is 0 Å². The molecule has 0 saturated heterocycles. The number of para-hydroxylation sites is 6. The van der Waals surface area contributed by atoms with Crippen molar-refractivity contribution >= 4 is 82.7 Å². The molecule has 0 N–H and O–H groups in total. The zero-order valence-corrected chi connectivity index (χ0v) is 30.1. The highest BCUT2D eigenvalue weighted by Crippen LogP contribution is 2.53. The van der Waals surface area contributed by atoms with Crippen molar-refractivity contribution < 1.29 is 0 Å². The van der Waals surface area contributed by atoms with Crippen LogP contribution in [0, 0.1) is 11.3 Å². The summed E-state index contributed by atoms with van der Waals surface area (Å²) in [7, 11) is 0. The van der Waals surface area contributed by atoms with Gasteiger partial charge in [-0.1, -0.05) is 115 Å². The van der Waals surface area contributed by atoms with E-state index < -0.39 is 0 Å². The second-order valence-corrected chi connectivity index (χ2v) is 14.0. The summed E-state index contributed by atoms with van der Waals surface area (Å²) in [6.07, 6.45) is 0. The van der Waals surface area contributed by atoms with Crippen molar-refractivity contribution in [2.75, 3.05) is 14.7 Å². The zero-order valence-electron chi connectivity index (χ0n) is 29.3. The van der Waals surface area contributed by atoms with Crippen LogP contribution in [0.4, 0.5) is 51.2 Å².